The number of fused-ring (bicyclic) bond motifs is 5. The molecule has 3 heteroatoms. The van der Waals surface area contributed by atoms with Crippen LogP contribution in [-0.2, 0) is 34.5 Å². The Morgan fingerprint density at radius 1 is 0.442 bits per heavy atom. The van der Waals surface area contributed by atoms with Gasteiger partial charge in [-0.15, -0.1) is 0 Å². The molecular weight excluding hydrogens is 627 g/mol. The number of nitrogens with zero attached hydrogens (tertiary/aromatic N) is 2. The van der Waals surface area contributed by atoms with Crippen molar-refractivity contribution in [1.82, 2.24) is 0 Å². The normalized spacial score (nSPS) is 15.1. The summed E-state index contributed by atoms with van der Waals surface area (Å²) in [5, 5.41) is 0. The van der Waals surface area contributed by atoms with Crippen molar-refractivity contribution in [3.8, 4) is 0 Å². The largest absolute Gasteiger partial charge is 0.311 e. The lowest BCUT2D eigenvalue weighted by atomic mass is 9.33. The molecule has 3 aliphatic rings. The number of benzene rings is 5. The molecule has 0 atom stereocenters. The number of hydrogen-bond acceptors (Lipinski definition) is 2. The highest BCUT2D eigenvalue weighted by Gasteiger charge is 2.45. The monoisotopic (exact) mass is 684 g/mol. The first-order valence-corrected chi connectivity index (χ1v) is 19.5. The zero-order chi connectivity index (χ0) is 37.3. The third kappa shape index (κ3) is 5.45. The lowest BCUT2D eigenvalue weighted by molar-refractivity contribution is 0.573. The number of rotatable bonds is 2. The summed E-state index contributed by atoms with van der Waals surface area (Å²) in [6.45, 7) is 30.4. The van der Waals surface area contributed by atoms with Crippen LogP contribution in [0.15, 0.2) is 84.9 Å². The fraction of sp³-hybridized carbons (Fsp3) is 0.388. The first kappa shape index (κ1) is 34.8. The van der Waals surface area contributed by atoms with Gasteiger partial charge in [-0.3, -0.25) is 0 Å². The van der Waals surface area contributed by atoms with Crippen LogP contribution in [0.3, 0.4) is 0 Å². The van der Waals surface area contributed by atoms with Gasteiger partial charge in [-0.2, -0.15) is 0 Å². The third-order valence-electron chi connectivity index (χ3n) is 12.0. The van der Waals surface area contributed by atoms with Gasteiger partial charge in [-0.05, 0) is 139 Å². The second-order valence-corrected chi connectivity index (χ2v) is 20.0. The number of aryl methyl sites for hydroxylation is 1. The molecule has 8 rings (SSSR count). The van der Waals surface area contributed by atoms with Crippen LogP contribution >= 0.6 is 0 Å². The fourth-order valence-corrected chi connectivity index (χ4v) is 8.95. The van der Waals surface area contributed by atoms with E-state index in [1.165, 1.54) is 83.9 Å². The van der Waals surface area contributed by atoms with E-state index in [1.54, 1.807) is 5.56 Å². The minimum absolute atomic E-state index is 0.0263. The van der Waals surface area contributed by atoms with Gasteiger partial charge in [0.2, 0.25) is 0 Å². The van der Waals surface area contributed by atoms with Crippen molar-refractivity contribution in [1.29, 1.82) is 0 Å². The van der Waals surface area contributed by atoms with E-state index < -0.39 is 0 Å². The molecule has 2 nitrogen and oxygen atoms in total. The van der Waals surface area contributed by atoms with Gasteiger partial charge in [0.15, 0.2) is 0 Å². The maximum Gasteiger partial charge on any atom is 0.252 e. The second-order valence-electron chi connectivity index (χ2n) is 20.0. The predicted molar refractivity (Wildman–Crippen MR) is 227 cm³/mol. The van der Waals surface area contributed by atoms with Gasteiger partial charge < -0.3 is 9.80 Å². The molecule has 266 valence electrons. The standard InChI is InChI=1S/C49H57BN2/c1-30-26-43-45-44(27-30)52(40-25-22-37(49(11,12)13)35-20-21-36(35)40)42-24-17-33(48(8,9)10)29-39(42)50(45)38-28-32(47(5,6)7)16-23-41(38)51(43)34-18-14-31(15-19-34)46(2,3)4/h14-19,22-29H,20-21H2,1-13H3. The fourth-order valence-electron chi connectivity index (χ4n) is 8.95. The summed E-state index contributed by atoms with van der Waals surface area (Å²) in [6.07, 6.45) is 2.29. The SMILES string of the molecule is Cc1cc2c3c(c1)N(c1ccc(C(C)(C)C)c4c1CC4)c1ccc(C(C)(C)C)cc1B3c1cc(C(C)(C)C)ccc1N2c1ccc(C(C)(C)C)cc1. The van der Waals surface area contributed by atoms with Gasteiger partial charge in [-0.1, -0.05) is 126 Å². The highest BCUT2D eigenvalue weighted by Crippen LogP contribution is 2.49. The second kappa shape index (κ2) is 11.4. The summed E-state index contributed by atoms with van der Waals surface area (Å²) >= 11 is 0. The Hall–Kier alpha value is -4.24. The van der Waals surface area contributed by atoms with Crippen LogP contribution in [0.4, 0.5) is 34.1 Å². The van der Waals surface area contributed by atoms with Crippen LogP contribution in [0.25, 0.3) is 0 Å². The quantitative estimate of drug-likeness (QED) is 0.167. The molecule has 2 aliphatic heterocycles. The minimum atomic E-state index is 0.0263. The van der Waals surface area contributed by atoms with E-state index in [0.29, 0.717) is 0 Å². The number of anilines is 6. The third-order valence-corrected chi connectivity index (χ3v) is 12.0. The topological polar surface area (TPSA) is 6.48 Å². The maximum atomic E-state index is 2.65. The molecule has 0 N–H and O–H groups in total. The highest BCUT2D eigenvalue weighted by atomic mass is 15.2. The van der Waals surface area contributed by atoms with Gasteiger partial charge in [0.05, 0.1) is 0 Å². The van der Waals surface area contributed by atoms with Gasteiger partial charge in [0.25, 0.3) is 6.71 Å². The minimum Gasteiger partial charge on any atom is -0.311 e. The van der Waals surface area contributed by atoms with Gasteiger partial charge >= 0.3 is 0 Å². The summed E-state index contributed by atoms with van der Waals surface area (Å²) in [7, 11) is 0. The molecule has 0 saturated carbocycles. The average Bonchev–Trinajstić information content (AvgIpc) is 3.02. The molecule has 52 heavy (non-hydrogen) atoms. The highest BCUT2D eigenvalue weighted by molar-refractivity contribution is 7.00. The summed E-state index contributed by atoms with van der Waals surface area (Å²) in [4.78, 5) is 5.21. The molecule has 0 bridgehead atoms. The summed E-state index contributed by atoms with van der Waals surface area (Å²) in [5.41, 5.74) is 22.2. The van der Waals surface area contributed by atoms with E-state index in [1.807, 2.05) is 0 Å². The van der Waals surface area contributed by atoms with Crippen molar-refractivity contribution in [2.75, 3.05) is 9.80 Å². The van der Waals surface area contributed by atoms with Crippen LogP contribution in [0.5, 0.6) is 0 Å². The van der Waals surface area contributed by atoms with E-state index in [2.05, 4.69) is 185 Å². The van der Waals surface area contributed by atoms with Crippen molar-refractivity contribution in [2.45, 2.75) is 125 Å². The average molecular weight is 685 g/mol. The smallest absolute Gasteiger partial charge is 0.252 e. The Labute approximate surface area is 314 Å². The van der Waals surface area contributed by atoms with Crippen molar-refractivity contribution in [3.05, 3.63) is 124 Å². The Bertz CT molecular complexity index is 2250. The first-order chi connectivity index (χ1) is 24.2. The lowest BCUT2D eigenvalue weighted by Crippen LogP contribution is -2.61. The zero-order valence-corrected chi connectivity index (χ0v) is 34.0. The molecule has 0 fully saturated rings. The Morgan fingerprint density at radius 3 is 1.38 bits per heavy atom. The molecule has 0 unspecified atom stereocenters. The Balaban J connectivity index is 1.46. The molecule has 5 aromatic carbocycles. The predicted octanol–water partition coefficient (Wildman–Crippen LogP) is 11.4. The molecule has 0 radical (unpaired) electrons. The van der Waals surface area contributed by atoms with Crippen LogP contribution in [0.1, 0.15) is 122 Å². The van der Waals surface area contributed by atoms with Gasteiger partial charge in [-0.25, -0.2) is 0 Å². The molecule has 0 amide bonds. The summed E-state index contributed by atoms with van der Waals surface area (Å²) in [5.74, 6) is 0. The molecular formula is C49H57BN2. The van der Waals surface area contributed by atoms with E-state index >= 15 is 0 Å². The molecule has 1 aliphatic carbocycles. The first-order valence-electron chi connectivity index (χ1n) is 19.5. The lowest BCUT2D eigenvalue weighted by Gasteiger charge is -2.46. The maximum absolute atomic E-state index is 2.65. The van der Waals surface area contributed by atoms with Gasteiger partial charge in [0.1, 0.15) is 0 Å². The molecule has 0 spiro atoms. The van der Waals surface area contributed by atoms with E-state index in [-0.39, 0.29) is 28.4 Å². The van der Waals surface area contributed by atoms with Crippen LogP contribution in [-0.4, -0.2) is 6.71 Å². The van der Waals surface area contributed by atoms with E-state index in [0.717, 1.165) is 12.8 Å². The van der Waals surface area contributed by atoms with Crippen molar-refractivity contribution in [3.63, 3.8) is 0 Å². The van der Waals surface area contributed by atoms with Crippen LogP contribution in [0, 0.1) is 6.92 Å². The van der Waals surface area contributed by atoms with E-state index in [4.69, 9.17) is 0 Å². The molecule has 2 heterocycles. The molecule has 0 saturated heterocycles. The van der Waals surface area contributed by atoms with Gasteiger partial charge in [0, 0.05) is 34.1 Å². The molecule has 5 aromatic rings. The summed E-state index contributed by atoms with van der Waals surface area (Å²) in [6, 6.07) is 33.8. The molecule has 0 aromatic heterocycles. The summed E-state index contributed by atoms with van der Waals surface area (Å²) < 4.78 is 0. The van der Waals surface area contributed by atoms with E-state index in [9.17, 15) is 0 Å². The van der Waals surface area contributed by atoms with Crippen LogP contribution in [0.2, 0.25) is 0 Å². The van der Waals surface area contributed by atoms with Crippen molar-refractivity contribution in [2.24, 2.45) is 0 Å². The number of hydrogen-bond donors (Lipinski definition) is 0. The Morgan fingerprint density at radius 2 is 0.904 bits per heavy atom. The Kier molecular flexibility index (Phi) is 7.62. The van der Waals surface area contributed by atoms with Crippen molar-refractivity contribution >= 4 is 57.2 Å². The van der Waals surface area contributed by atoms with Crippen LogP contribution < -0.4 is 26.2 Å². The van der Waals surface area contributed by atoms with Crippen molar-refractivity contribution < 1.29 is 0 Å². The zero-order valence-electron chi connectivity index (χ0n) is 34.0.